The Morgan fingerprint density at radius 2 is 2.07 bits per heavy atom. The number of aromatic nitrogens is 1. The van der Waals surface area contributed by atoms with Crippen LogP contribution in [0, 0.1) is 0 Å². The molecule has 0 aromatic carbocycles. The van der Waals surface area contributed by atoms with Crippen molar-refractivity contribution in [2.45, 2.75) is 70.9 Å². The number of nitrogens with zero attached hydrogens (tertiary/aromatic N) is 2. The molecule has 8 nitrogen and oxygen atoms in total. The van der Waals surface area contributed by atoms with E-state index < -0.39 is 23.7 Å². The Balaban J connectivity index is 1.67. The van der Waals surface area contributed by atoms with Crippen molar-refractivity contribution in [3.63, 3.8) is 0 Å². The number of carbonyl (C=O) groups excluding carboxylic acids is 1. The number of carboxylic acids is 1. The van der Waals surface area contributed by atoms with E-state index in [1.54, 1.807) is 20.8 Å². The quantitative estimate of drug-likeness (QED) is 0.500. The molecule has 0 radical (unpaired) electrons. The highest BCUT2D eigenvalue weighted by Crippen LogP contribution is 2.20. The van der Waals surface area contributed by atoms with Crippen LogP contribution in [0.25, 0.3) is 0 Å². The zero-order valence-corrected chi connectivity index (χ0v) is 18.7. The molecule has 0 aliphatic carbocycles. The molecule has 0 bridgehead atoms. The third-order valence-corrected chi connectivity index (χ3v) is 4.96. The number of anilines is 1. The van der Waals surface area contributed by atoms with E-state index in [1.807, 2.05) is 7.05 Å². The minimum atomic E-state index is -1.05. The van der Waals surface area contributed by atoms with Gasteiger partial charge in [0.05, 0.1) is 0 Å². The fourth-order valence-electron chi connectivity index (χ4n) is 3.36. The summed E-state index contributed by atoms with van der Waals surface area (Å²) in [6, 6.07) is 3.34. The van der Waals surface area contributed by atoms with E-state index in [4.69, 9.17) is 9.72 Å². The Morgan fingerprint density at radius 1 is 1.30 bits per heavy atom. The predicted octanol–water partition coefficient (Wildman–Crippen LogP) is 3.06. The summed E-state index contributed by atoms with van der Waals surface area (Å²) in [6.07, 6.45) is 4.83. The summed E-state index contributed by atoms with van der Waals surface area (Å²) < 4.78 is 5.14. The number of aryl methyl sites for hydroxylation is 2. The molecule has 0 spiro atoms. The van der Waals surface area contributed by atoms with Crippen LogP contribution < -0.4 is 10.6 Å². The first-order chi connectivity index (χ1) is 14.1. The average molecular weight is 421 g/mol. The predicted molar refractivity (Wildman–Crippen MR) is 117 cm³/mol. The summed E-state index contributed by atoms with van der Waals surface area (Å²) >= 11 is 0. The lowest BCUT2D eigenvalue weighted by atomic mass is 10.1. The Hall–Kier alpha value is -2.35. The number of carboxylic acid groups (broad SMARTS) is 1. The van der Waals surface area contributed by atoms with E-state index in [9.17, 15) is 14.7 Å². The van der Waals surface area contributed by atoms with Gasteiger partial charge in [-0.2, -0.15) is 0 Å². The molecule has 0 saturated carbocycles. The van der Waals surface area contributed by atoms with Gasteiger partial charge in [0.25, 0.3) is 0 Å². The number of carbonyl (C=O) groups is 2. The summed E-state index contributed by atoms with van der Waals surface area (Å²) in [5.74, 6) is -0.0191. The van der Waals surface area contributed by atoms with Crippen LogP contribution in [0.3, 0.4) is 0 Å². The Kier molecular flexibility index (Phi) is 8.89. The molecule has 3 N–H and O–H groups in total. The maximum absolute atomic E-state index is 11.8. The first kappa shape index (κ1) is 23.9. The number of ether oxygens (including phenoxy) is 1. The largest absolute Gasteiger partial charge is 0.480 e. The summed E-state index contributed by atoms with van der Waals surface area (Å²) in [5.41, 5.74) is 1.75. The van der Waals surface area contributed by atoms with E-state index in [1.165, 1.54) is 5.56 Å². The van der Waals surface area contributed by atoms with Gasteiger partial charge < -0.3 is 25.4 Å². The van der Waals surface area contributed by atoms with Crippen LogP contribution in [0.15, 0.2) is 12.1 Å². The molecule has 1 atom stereocenters. The van der Waals surface area contributed by atoms with Gasteiger partial charge in [0.15, 0.2) is 0 Å². The van der Waals surface area contributed by atoms with Gasteiger partial charge in [-0.05, 0) is 84.5 Å². The summed E-state index contributed by atoms with van der Waals surface area (Å²) in [6.45, 7) is 7.66. The second-order valence-electron chi connectivity index (χ2n) is 8.93. The number of rotatable bonds is 10. The van der Waals surface area contributed by atoms with E-state index in [2.05, 4.69) is 27.7 Å². The Labute approximate surface area is 179 Å². The van der Waals surface area contributed by atoms with Gasteiger partial charge in [0.1, 0.15) is 17.5 Å². The van der Waals surface area contributed by atoms with Gasteiger partial charge in [0, 0.05) is 18.8 Å². The highest BCUT2D eigenvalue weighted by atomic mass is 16.6. The van der Waals surface area contributed by atoms with Crippen molar-refractivity contribution in [1.82, 2.24) is 15.2 Å². The van der Waals surface area contributed by atoms with Crippen LogP contribution in [0.4, 0.5) is 10.6 Å². The average Bonchev–Trinajstić information content (AvgIpc) is 2.66. The van der Waals surface area contributed by atoms with E-state index in [0.717, 1.165) is 56.7 Å². The Morgan fingerprint density at radius 3 is 2.77 bits per heavy atom. The van der Waals surface area contributed by atoms with E-state index >= 15 is 0 Å². The van der Waals surface area contributed by atoms with Crippen molar-refractivity contribution in [3.05, 3.63) is 23.4 Å². The molecule has 0 unspecified atom stereocenters. The number of aliphatic carboxylic acids is 1. The van der Waals surface area contributed by atoms with Gasteiger partial charge in [-0.3, -0.25) is 0 Å². The molecule has 0 saturated heterocycles. The lowest BCUT2D eigenvalue weighted by molar-refractivity contribution is -0.139. The number of nitrogens with one attached hydrogen (secondary N) is 2. The smallest absolute Gasteiger partial charge is 0.408 e. The first-order valence-electron chi connectivity index (χ1n) is 10.8. The second kappa shape index (κ2) is 11.2. The molecule has 2 rings (SSSR count). The number of unbranched alkanes of at least 4 members (excludes halogenated alkanes) is 1. The standard InChI is InChI=1S/C22H36N4O4/c1-22(2,3)30-21(29)25-18(20(27)28)12-15-26(4)14-6-5-9-17-11-10-16-8-7-13-23-19(16)24-17/h10-11,18H,5-9,12-15H2,1-4H3,(H,23,24)(H,25,29)(H,27,28)/t18-/m0/s1. The number of alkyl carbamates (subject to hydrolysis) is 1. The van der Waals surface area contributed by atoms with Crippen LogP contribution in [0.5, 0.6) is 0 Å². The van der Waals surface area contributed by atoms with Crippen molar-refractivity contribution in [2.24, 2.45) is 0 Å². The monoisotopic (exact) mass is 420 g/mol. The number of amides is 1. The molecule has 30 heavy (non-hydrogen) atoms. The van der Waals surface area contributed by atoms with E-state index in [0.29, 0.717) is 13.0 Å². The molecule has 1 aromatic heterocycles. The first-order valence-corrected chi connectivity index (χ1v) is 10.8. The fraction of sp³-hybridized carbons (Fsp3) is 0.682. The topological polar surface area (TPSA) is 104 Å². The van der Waals surface area contributed by atoms with Gasteiger partial charge in [-0.1, -0.05) is 6.07 Å². The maximum atomic E-state index is 11.8. The molecule has 1 amide bonds. The molecule has 168 valence electrons. The molecule has 1 aliphatic heterocycles. The van der Waals surface area contributed by atoms with Gasteiger partial charge in [-0.25, -0.2) is 14.6 Å². The van der Waals surface area contributed by atoms with Crippen LogP contribution >= 0.6 is 0 Å². The molecule has 8 heteroatoms. The minimum absolute atomic E-state index is 0.323. The zero-order chi connectivity index (χ0) is 22.1. The molecular formula is C22H36N4O4. The maximum Gasteiger partial charge on any atom is 0.408 e. The van der Waals surface area contributed by atoms with Crippen molar-refractivity contribution < 1.29 is 19.4 Å². The fourth-order valence-corrected chi connectivity index (χ4v) is 3.36. The zero-order valence-electron chi connectivity index (χ0n) is 18.7. The van der Waals surface area contributed by atoms with Crippen molar-refractivity contribution >= 4 is 17.9 Å². The normalized spacial score (nSPS) is 14.6. The lowest BCUT2D eigenvalue weighted by Gasteiger charge is -2.23. The third-order valence-electron chi connectivity index (χ3n) is 4.96. The van der Waals surface area contributed by atoms with Gasteiger partial charge >= 0.3 is 12.1 Å². The minimum Gasteiger partial charge on any atom is -0.480 e. The van der Waals surface area contributed by atoms with Crippen molar-refractivity contribution in [2.75, 3.05) is 32.0 Å². The molecular weight excluding hydrogens is 384 g/mol. The van der Waals surface area contributed by atoms with Crippen LogP contribution in [0.1, 0.15) is 57.7 Å². The molecule has 1 aliphatic rings. The summed E-state index contributed by atoms with van der Waals surface area (Å²) in [4.78, 5) is 30.1. The molecule has 0 fully saturated rings. The summed E-state index contributed by atoms with van der Waals surface area (Å²) in [7, 11) is 1.97. The highest BCUT2D eigenvalue weighted by molar-refractivity contribution is 5.80. The van der Waals surface area contributed by atoms with Crippen LogP contribution in [0.2, 0.25) is 0 Å². The second-order valence-corrected chi connectivity index (χ2v) is 8.93. The number of hydrogen-bond donors (Lipinski definition) is 3. The van der Waals surface area contributed by atoms with Gasteiger partial charge in [-0.15, -0.1) is 0 Å². The highest BCUT2D eigenvalue weighted by Gasteiger charge is 2.24. The van der Waals surface area contributed by atoms with Crippen LogP contribution in [-0.4, -0.2) is 65.4 Å². The Bertz CT molecular complexity index is 718. The third kappa shape index (κ3) is 8.57. The van der Waals surface area contributed by atoms with E-state index in [-0.39, 0.29) is 0 Å². The molecule has 1 aromatic rings. The van der Waals surface area contributed by atoms with Crippen molar-refractivity contribution in [3.8, 4) is 0 Å². The number of hydrogen-bond acceptors (Lipinski definition) is 6. The van der Waals surface area contributed by atoms with Crippen molar-refractivity contribution in [1.29, 1.82) is 0 Å². The number of pyridine rings is 1. The SMILES string of the molecule is CN(CCCCc1ccc2c(n1)NCCC2)CC[C@H](NC(=O)OC(C)(C)C)C(=O)O. The lowest BCUT2D eigenvalue weighted by Crippen LogP contribution is -2.45. The number of fused-ring (bicyclic) bond motifs is 1. The van der Waals surface area contributed by atoms with Gasteiger partial charge in [0.2, 0.25) is 0 Å². The molecule has 2 heterocycles. The van der Waals surface area contributed by atoms with Crippen LogP contribution in [-0.2, 0) is 22.4 Å². The summed E-state index contributed by atoms with van der Waals surface area (Å²) in [5, 5.41) is 15.2.